The first-order valence-electron chi connectivity index (χ1n) is 5.53. The third-order valence-electron chi connectivity index (χ3n) is 3.00. The van der Waals surface area contributed by atoms with Gasteiger partial charge in [0.05, 0.1) is 5.57 Å². The van der Waals surface area contributed by atoms with E-state index >= 15 is 0 Å². The fourth-order valence-electron chi connectivity index (χ4n) is 2.26. The SMILES string of the molecule is N#CC1=Cc2cc(F)ccc2N2CCCN=C12. The molecule has 0 fully saturated rings. The summed E-state index contributed by atoms with van der Waals surface area (Å²) in [6.07, 6.45) is 2.66. The Bertz CT molecular complexity index is 581. The van der Waals surface area contributed by atoms with E-state index in [2.05, 4.69) is 11.1 Å². The molecule has 0 saturated heterocycles. The van der Waals surface area contributed by atoms with Crippen LogP contribution in [0.15, 0.2) is 28.8 Å². The van der Waals surface area contributed by atoms with Gasteiger partial charge in [0.25, 0.3) is 0 Å². The number of nitrogens with zero attached hydrogens (tertiary/aromatic N) is 3. The smallest absolute Gasteiger partial charge is 0.146 e. The summed E-state index contributed by atoms with van der Waals surface area (Å²) in [7, 11) is 0. The summed E-state index contributed by atoms with van der Waals surface area (Å²) in [4.78, 5) is 6.38. The van der Waals surface area contributed by atoms with Crippen LogP contribution in [-0.4, -0.2) is 18.9 Å². The van der Waals surface area contributed by atoms with E-state index in [1.165, 1.54) is 12.1 Å². The number of anilines is 1. The number of nitriles is 1. The maximum Gasteiger partial charge on any atom is 0.146 e. The molecule has 3 nitrogen and oxygen atoms in total. The third kappa shape index (κ3) is 1.51. The molecule has 0 aliphatic carbocycles. The molecule has 2 heterocycles. The highest BCUT2D eigenvalue weighted by molar-refractivity contribution is 6.18. The van der Waals surface area contributed by atoms with E-state index in [0.29, 0.717) is 5.57 Å². The second-order valence-corrected chi connectivity index (χ2v) is 4.08. The van der Waals surface area contributed by atoms with Crippen LogP contribution in [0.3, 0.4) is 0 Å². The minimum atomic E-state index is -0.283. The van der Waals surface area contributed by atoms with Gasteiger partial charge in [-0.15, -0.1) is 0 Å². The molecule has 0 unspecified atom stereocenters. The van der Waals surface area contributed by atoms with E-state index in [1.807, 2.05) is 4.90 Å². The van der Waals surface area contributed by atoms with Gasteiger partial charge in [0.15, 0.2) is 0 Å². The largest absolute Gasteiger partial charge is 0.325 e. The zero-order valence-electron chi connectivity index (χ0n) is 9.15. The quantitative estimate of drug-likeness (QED) is 0.682. The number of hydrogen-bond acceptors (Lipinski definition) is 3. The fraction of sp³-hybridized carbons (Fsp3) is 0.231. The van der Waals surface area contributed by atoms with Gasteiger partial charge in [0.1, 0.15) is 17.7 Å². The van der Waals surface area contributed by atoms with Crippen LogP contribution in [0.5, 0.6) is 0 Å². The van der Waals surface area contributed by atoms with Crippen molar-refractivity contribution in [3.8, 4) is 6.07 Å². The molecule has 3 rings (SSSR count). The van der Waals surface area contributed by atoms with Crippen LogP contribution in [0.2, 0.25) is 0 Å². The van der Waals surface area contributed by atoms with Gasteiger partial charge in [-0.2, -0.15) is 5.26 Å². The molecule has 2 aliphatic heterocycles. The lowest BCUT2D eigenvalue weighted by Gasteiger charge is -2.33. The summed E-state index contributed by atoms with van der Waals surface area (Å²) in [5.41, 5.74) is 2.20. The summed E-state index contributed by atoms with van der Waals surface area (Å²) in [6.45, 7) is 1.58. The summed E-state index contributed by atoms with van der Waals surface area (Å²) >= 11 is 0. The third-order valence-corrected chi connectivity index (χ3v) is 3.00. The highest BCUT2D eigenvalue weighted by atomic mass is 19.1. The molecule has 0 aromatic heterocycles. The molecule has 0 radical (unpaired) electrons. The molecule has 1 aromatic rings. The van der Waals surface area contributed by atoms with Crippen LogP contribution >= 0.6 is 0 Å². The predicted molar refractivity (Wildman–Crippen MR) is 64.3 cm³/mol. The summed E-state index contributed by atoms with van der Waals surface area (Å²) in [5, 5.41) is 9.11. The van der Waals surface area contributed by atoms with E-state index in [1.54, 1.807) is 12.1 Å². The Morgan fingerprint density at radius 2 is 2.29 bits per heavy atom. The zero-order valence-corrected chi connectivity index (χ0v) is 9.15. The van der Waals surface area contributed by atoms with Gasteiger partial charge in [-0.05, 0) is 30.7 Å². The average molecular weight is 227 g/mol. The van der Waals surface area contributed by atoms with Crippen LogP contribution in [0.25, 0.3) is 6.08 Å². The van der Waals surface area contributed by atoms with Gasteiger partial charge in [-0.25, -0.2) is 4.39 Å². The van der Waals surface area contributed by atoms with Crippen LogP contribution in [0.4, 0.5) is 10.1 Å². The molecule has 0 N–H and O–H groups in total. The minimum absolute atomic E-state index is 0.283. The van der Waals surface area contributed by atoms with Gasteiger partial charge in [0.2, 0.25) is 0 Å². The van der Waals surface area contributed by atoms with E-state index in [4.69, 9.17) is 5.26 Å². The van der Waals surface area contributed by atoms with Crippen molar-refractivity contribution >= 4 is 17.6 Å². The van der Waals surface area contributed by atoms with Crippen molar-refractivity contribution in [3.63, 3.8) is 0 Å². The first-order chi connectivity index (χ1) is 8.29. The Morgan fingerprint density at radius 3 is 3.12 bits per heavy atom. The van der Waals surface area contributed by atoms with Gasteiger partial charge < -0.3 is 4.90 Å². The maximum absolute atomic E-state index is 13.2. The molecule has 0 spiro atoms. The van der Waals surface area contributed by atoms with Crippen LogP contribution in [0.1, 0.15) is 12.0 Å². The molecule has 84 valence electrons. The lowest BCUT2D eigenvalue weighted by Crippen LogP contribution is -2.38. The number of benzene rings is 1. The predicted octanol–water partition coefficient (Wildman–Crippen LogP) is 2.35. The number of hydrogen-bond donors (Lipinski definition) is 0. The van der Waals surface area contributed by atoms with Crippen molar-refractivity contribution in [1.29, 1.82) is 5.26 Å². The van der Waals surface area contributed by atoms with E-state index in [0.717, 1.165) is 36.6 Å². The summed E-state index contributed by atoms with van der Waals surface area (Å²) < 4.78 is 13.2. The Kier molecular flexibility index (Phi) is 2.19. The molecule has 1 aromatic carbocycles. The van der Waals surface area contributed by atoms with Crippen molar-refractivity contribution < 1.29 is 4.39 Å². The molecular weight excluding hydrogens is 217 g/mol. The van der Waals surface area contributed by atoms with Gasteiger partial charge in [-0.1, -0.05) is 0 Å². The molecule has 0 amide bonds. The standard InChI is InChI=1S/C13H10FN3/c14-11-2-3-12-9(7-11)6-10(8-15)13-16-4-1-5-17(12)13/h2-3,6-7H,1,4-5H2. The van der Waals surface area contributed by atoms with Gasteiger partial charge >= 0.3 is 0 Å². The zero-order chi connectivity index (χ0) is 11.8. The number of rotatable bonds is 0. The first-order valence-corrected chi connectivity index (χ1v) is 5.53. The average Bonchev–Trinajstić information content (AvgIpc) is 2.37. The number of halogens is 1. The summed E-state index contributed by atoms with van der Waals surface area (Å²) in [6, 6.07) is 6.77. The Hall–Kier alpha value is -2.15. The molecule has 0 atom stereocenters. The van der Waals surface area contributed by atoms with E-state index in [9.17, 15) is 4.39 Å². The Morgan fingerprint density at radius 1 is 1.41 bits per heavy atom. The second kappa shape index (κ2) is 3.70. The van der Waals surface area contributed by atoms with Gasteiger partial charge in [0, 0.05) is 24.3 Å². The van der Waals surface area contributed by atoms with Gasteiger partial charge in [-0.3, -0.25) is 4.99 Å². The normalized spacial score (nSPS) is 17.5. The number of aliphatic imine (C=N–C) groups is 1. The van der Waals surface area contributed by atoms with Crippen molar-refractivity contribution in [2.24, 2.45) is 4.99 Å². The highest BCUT2D eigenvalue weighted by Crippen LogP contribution is 2.31. The van der Waals surface area contributed by atoms with Crippen LogP contribution in [-0.2, 0) is 0 Å². The highest BCUT2D eigenvalue weighted by Gasteiger charge is 2.26. The van der Waals surface area contributed by atoms with Crippen LogP contribution in [0, 0.1) is 17.1 Å². The Labute approximate surface area is 98.5 Å². The second-order valence-electron chi connectivity index (χ2n) is 4.08. The monoisotopic (exact) mass is 227 g/mol. The molecule has 17 heavy (non-hydrogen) atoms. The van der Waals surface area contributed by atoms with E-state index < -0.39 is 0 Å². The Balaban J connectivity index is 2.22. The van der Waals surface area contributed by atoms with Crippen molar-refractivity contribution in [1.82, 2.24) is 0 Å². The molecule has 2 aliphatic rings. The minimum Gasteiger partial charge on any atom is -0.325 e. The topological polar surface area (TPSA) is 39.4 Å². The van der Waals surface area contributed by atoms with E-state index in [-0.39, 0.29) is 5.82 Å². The van der Waals surface area contributed by atoms with Crippen molar-refractivity contribution in [3.05, 3.63) is 35.2 Å². The lowest BCUT2D eigenvalue weighted by molar-refractivity contribution is 0.627. The number of fused-ring (bicyclic) bond motifs is 3. The number of amidine groups is 1. The first kappa shape index (κ1) is 10.0. The molecule has 4 heteroatoms. The lowest BCUT2D eigenvalue weighted by atomic mass is 10.0. The molecule has 0 bridgehead atoms. The molecule has 0 saturated carbocycles. The summed E-state index contributed by atoms with van der Waals surface area (Å²) in [5.74, 6) is 0.438. The van der Waals surface area contributed by atoms with Crippen LogP contribution < -0.4 is 4.90 Å². The maximum atomic E-state index is 13.2. The fourth-order valence-corrected chi connectivity index (χ4v) is 2.26. The van der Waals surface area contributed by atoms with Crippen molar-refractivity contribution in [2.45, 2.75) is 6.42 Å². The molecular formula is C13H10FN3. The van der Waals surface area contributed by atoms with Crippen molar-refractivity contribution in [2.75, 3.05) is 18.0 Å².